The summed E-state index contributed by atoms with van der Waals surface area (Å²) in [4.78, 5) is 14.9. The summed E-state index contributed by atoms with van der Waals surface area (Å²) in [6, 6.07) is 20.6. The van der Waals surface area contributed by atoms with Gasteiger partial charge in [-0.15, -0.1) is 0 Å². The molecule has 0 atom stereocenters. The highest BCUT2D eigenvalue weighted by atomic mass is 127. The summed E-state index contributed by atoms with van der Waals surface area (Å²) in [6.45, 7) is 0.441. The maximum Gasteiger partial charge on any atom is 0.260 e. The summed E-state index contributed by atoms with van der Waals surface area (Å²) < 4.78 is 2.10. The number of hydrogen-bond acceptors (Lipinski definition) is 1. The number of carbonyl (C=O) groups excluding carboxylic acids is 1. The van der Waals surface area contributed by atoms with Crippen LogP contribution < -0.4 is 4.90 Å². The van der Waals surface area contributed by atoms with Crippen molar-refractivity contribution in [3.8, 4) is 0 Å². The van der Waals surface area contributed by atoms with Gasteiger partial charge in [-0.05, 0) is 82.8 Å². The minimum absolute atomic E-state index is 0.174. The normalized spacial score (nSPS) is 10.6. The van der Waals surface area contributed by atoms with E-state index in [-0.39, 0.29) is 5.91 Å². The average Bonchev–Trinajstić information content (AvgIpc) is 2.62. The van der Waals surface area contributed by atoms with Crippen LogP contribution in [-0.4, -0.2) is 5.91 Å². The van der Waals surface area contributed by atoms with Crippen LogP contribution in [0.1, 0.15) is 15.9 Å². The molecule has 6 heteroatoms. The van der Waals surface area contributed by atoms with Crippen LogP contribution in [0.3, 0.4) is 0 Å². The predicted molar refractivity (Wildman–Crippen MR) is 120 cm³/mol. The topological polar surface area (TPSA) is 20.3 Å². The average molecular weight is 561 g/mol. The Bertz CT molecular complexity index is 930. The first-order valence-corrected chi connectivity index (χ1v) is 10.3. The molecular weight excluding hydrogens is 548 g/mol. The Morgan fingerprint density at radius 2 is 1.62 bits per heavy atom. The van der Waals surface area contributed by atoms with E-state index in [0.29, 0.717) is 22.2 Å². The number of anilines is 1. The Morgan fingerprint density at radius 3 is 2.23 bits per heavy atom. The molecule has 0 spiro atoms. The number of amides is 1. The van der Waals surface area contributed by atoms with Gasteiger partial charge in [-0.25, -0.2) is 0 Å². The molecule has 0 aliphatic rings. The van der Waals surface area contributed by atoms with Crippen molar-refractivity contribution >= 4 is 73.3 Å². The number of carbonyl (C=O) groups is 1. The molecule has 0 saturated carbocycles. The molecule has 3 rings (SSSR count). The molecule has 0 aliphatic heterocycles. The standard InChI is InChI=1S/C20H13BrCl2INO/c21-14-3-8-17(9-4-14)25(12-13-1-6-16(24)7-2-13)20(26)18-10-5-15(22)11-19(18)23/h1-11H,12H2. The van der Waals surface area contributed by atoms with Crippen LogP contribution >= 0.6 is 61.7 Å². The molecule has 1 amide bonds. The van der Waals surface area contributed by atoms with Gasteiger partial charge in [-0.2, -0.15) is 0 Å². The van der Waals surface area contributed by atoms with Crippen LogP contribution in [0, 0.1) is 3.57 Å². The Balaban J connectivity index is 2.00. The summed E-state index contributed by atoms with van der Waals surface area (Å²) in [5.41, 5.74) is 2.25. The second-order valence-corrected chi connectivity index (χ2v) is 8.62. The molecule has 0 unspecified atom stereocenters. The Kier molecular flexibility index (Phi) is 6.61. The SMILES string of the molecule is O=C(c1ccc(Cl)cc1Cl)N(Cc1ccc(I)cc1)c1ccc(Br)cc1. The summed E-state index contributed by atoms with van der Waals surface area (Å²) in [7, 11) is 0. The zero-order chi connectivity index (χ0) is 18.7. The van der Waals surface area contributed by atoms with E-state index < -0.39 is 0 Å². The van der Waals surface area contributed by atoms with Gasteiger partial charge in [0.1, 0.15) is 0 Å². The van der Waals surface area contributed by atoms with Gasteiger partial charge in [-0.1, -0.05) is 51.3 Å². The zero-order valence-corrected chi connectivity index (χ0v) is 18.7. The van der Waals surface area contributed by atoms with Gasteiger partial charge < -0.3 is 4.90 Å². The largest absolute Gasteiger partial charge is 0.304 e. The zero-order valence-electron chi connectivity index (χ0n) is 13.4. The van der Waals surface area contributed by atoms with Crippen LogP contribution in [-0.2, 0) is 6.54 Å². The summed E-state index contributed by atoms with van der Waals surface area (Å²) >= 11 is 17.9. The molecule has 0 heterocycles. The van der Waals surface area contributed by atoms with Gasteiger partial charge in [0.2, 0.25) is 0 Å². The second-order valence-electron chi connectivity index (χ2n) is 5.62. The molecule has 3 aromatic rings. The Hall–Kier alpha value is -1.08. The first-order valence-electron chi connectivity index (χ1n) is 7.71. The quantitative estimate of drug-likeness (QED) is 0.309. The lowest BCUT2D eigenvalue weighted by atomic mass is 10.1. The van der Waals surface area contributed by atoms with Gasteiger partial charge in [0.25, 0.3) is 5.91 Å². The first kappa shape index (κ1) is 19.7. The maximum absolute atomic E-state index is 13.2. The second kappa shape index (κ2) is 8.74. The van der Waals surface area contributed by atoms with E-state index >= 15 is 0 Å². The van der Waals surface area contributed by atoms with Gasteiger partial charge in [0, 0.05) is 18.8 Å². The number of benzene rings is 3. The van der Waals surface area contributed by atoms with Crippen molar-refractivity contribution in [1.82, 2.24) is 0 Å². The molecule has 0 fully saturated rings. The van der Waals surface area contributed by atoms with Crippen LogP contribution in [0.25, 0.3) is 0 Å². The van der Waals surface area contributed by atoms with Gasteiger partial charge in [-0.3, -0.25) is 4.79 Å². The van der Waals surface area contributed by atoms with Crippen LogP contribution in [0.5, 0.6) is 0 Å². The van der Waals surface area contributed by atoms with E-state index in [0.717, 1.165) is 19.3 Å². The third-order valence-electron chi connectivity index (χ3n) is 3.80. The lowest BCUT2D eigenvalue weighted by Gasteiger charge is -2.24. The fraction of sp³-hybridized carbons (Fsp3) is 0.0500. The van der Waals surface area contributed by atoms with Crippen molar-refractivity contribution in [1.29, 1.82) is 0 Å². The van der Waals surface area contributed by atoms with Crippen molar-refractivity contribution in [3.05, 3.63) is 95.9 Å². The van der Waals surface area contributed by atoms with E-state index in [1.54, 1.807) is 23.1 Å². The first-order chi connectivity index (χ1) is 12.4. The summed E-state index contributed by atoms with van der Waals surface area (Å²) in [5, 5.41) is 0.839. The highest BCUT2D eigenvalue weighted by Gasteiger charge is 2.21. The van der Waals surface area contributed by atoms with E-state index in [1.165, 1.54) is 0 Å². The summed E-state index contributed by atoms with van der Waals surface area (Å²) in [5.74, 6) is -0.174. The monoisotopic (exact) mass is 559 g/mol. The Labute approximate surface area is 184 Å². The van der Waals surface area contributed by atoms with Crippen molar-refractivity contribution in [2.45, 2.75) is 6.54 Å². The van der Waals surface area contributed by atoms with Crippen LogP contribution in [0.15, 0.2) is 71.2 Å². The molecule has 132 valence electrons. The molecule has 26 heavy (non-hydrogen) atoms. The van der Waals surface area contributed by atoms with Gasteiger partial charge in [0.05, 0.1) is 17.1 Å². The molecule has 2 nitrogen and oxygen atoms in total. The van der Waals surface area contributed by atoms with Crippen molar-refractivity contribution in [2.75, 3.05) is 4.90 Å². The van der Waals surface area contributed by atoms with Crippen molar-refractivity contribution in [2.24, 2.45) is 0 Å². The number of nitrogens with zero attached hydrogens (tertiary/aromatic N) is 1. The molecule has 0 radical (unpaired) electrons. The summed E-state index contributed by atoms with van der Waals surface area (Å²) in [6.07, 6.45) is 0. The van der Waals surface area contributed by atoms with Gasteiger partial charge in [0.15, 0.2) is 0 Å². The highest BCUT2D eigenvalue weighted by molar-refractivity contribution is 14.1. The van der Waals surface area contributed by atoms with Crippen LogP contribution in [0.2, 0.25) is 10.0 Å². The number of rotatable bonds is 4. The predicted octanol–water partition coefficient (Wildman–Crippen LogP) is 7.21. The number of hydrogen-bond donors (Lipinski definition) is 0. The minimum Gasteiger partial charge on any atom is -0.304 e. The minimum atomic E-state index is -0.174. The molecule has 0 aromatic heterocycles. The fourth-order valence-electron chi connectivity index (χ4n) is 2.48. The molecule has 0 saturated heterocycles. The molecule has 0 bridgehead atoms. The maximum atomic E-state index is 13.2. The van der Waals surface area contributed by atoms with Crippen molar-refractivity contribution < 1.29 is 4.79 Å². The third-order valence-corrected chi connectivity index (χ3v) is 5.59. The van der Waals surface area contributed by atoms with E-state index in [9.17, 15) is 4.79 Å². The lowest BCUT2D eigenvalue weighted by molar-refractivity contribution is 0.0985. The van der Waals surface area contributed by atoms with E-state index in [4.69, 9.17) is 23.2 Å². The fourth-order valence-corrected chi connectivity index (χ4v) is 3.60. The third kappa shape index (κ3) is 4.80. The van der Waals surface area contributed by atoms with E-state index in [2.05, 4.69) is 38.5 Å². The molecule has 3 aromatic carbocycles. The highest BCUT2D eigenvalue weighted by Crippen LogP contribution is 2.27. The number of halogens is 4. The van der Waals surface area contributed by atoms with E-state index in [1.807, 2.05) is 48.5 Å². The smallest absolute Gasteiger partial charge is 0.260 e. The lowest BCUT2D eigenvalue weighted by Crippen LogP contribution is -2.30. The van der Waals surface area contributed by atoms with Crippen molar-refractivity contribution in [3.63, 3.8) is 0 Å². The van der Waals surface area contributed by atoms with Crippen LogP contribution in [0.4, 0.5) is 5.69 Å². The van der Waals surface area contributed by atoms with Gasteiger partial charge >= 0.3 is 0 Å². The Morgan fingerprint density at radius 1 is 0.962 bits per heavy atom. The molecule has 0 N–H and O–H groups in total. The molecule has 0 aliphatic carbocycles. The molecular formula is C20H13BrCl2INO.